The van der Waals surface area contributed by atoms with Gasteiger partial charge >= 0.3 is 5.97 Å². The molecule has 0 spiro atoms. The maximum atomic E-state index is 11.2. The third-order valence-electron chi connectivity index (χ3n) is 2.35. The Kier molecular flexibility index (Phi) is 5.15. The Labute approximate surface area is 91.3 Å². The first-order valence-electron chi connectivity index (χ1n) is 5.67. The van der Waals surface area contributed by atoms with Crippen molar-refractivity contribution in [3.8, 4) is 0 Å². The molecule has 1 aliphatic rings. The van der Waals surface area contributed by atoms with E-state index >= 15 is 0 Å². The Morgan fingerprint density at radius 3 is 2.60 bits per heavy atom. The van der Waals surface area contributed by atoms with Gasteiger partial charge in [-0.05, 0) is 33.1 Å². The lowest BCUT2D eigenvalue weighted by Gasteiger charge is -2.24. The minimum absolute atomic E-state index is 0.184. The van der Waals surface area contributed by atoms with Crippen LogP contribution in [0.1, 0.15) is 39.5 Å². The molecule has 4 nitrogen and oxygen atoms in total. The highest BCUT2D eigenvalue weighted by Crippen LogP contribution is 2.09. The van der Waals surface area contributed by atoms with Crippen molar-refractivity contribution < 1.29 is 9.53 Å². The molecule has 0 unspecified atom stereocenters. The predicted octanol–water partition coefficient (Wildman–Crippen LogP) is 1.80. The van der Waals surface area contributed by atoms with E-state index in [9.17, 15) is 4.79 Å². The number of hydrogen-bond acceptors (Lipinski definition) is 4. The van der Waals surface area contributed by atoms with Crippen molar-refractivity contribution in [2.24, 2.45) is 5.10 Å². The van der Waals surface area contributed by atoms with Crippen molar-refractivity contribution in [2.45, 2.75) is 39.5 Å². The minimum Gasteiger partial charge on any atom is -0.466 e. The van der Waals surface area contributed by atoms with Crippen LogP contribution >= 0.6 is 0 Å². The van der Waals surface area contributed by atoms with Crippen LogP contribution in [0.5, 0.6) is 0 Å². The van der Waals surface area contributed by atoms with Crippen molar-refractivity contribution in [3.63, 3.8) is 0 Å². The quantitative estimate of drug-likeness (QED) is 0.527. The SMILES string of the molecule is CCOC(=O)CC(C)=NN1CCCCC1. The zero-order valence-electron chi connectivity index (χ0n) is 9.66. The fourth-order valence-corrected chi connectivity index (χ4v) is 1.67. The molecule has 1 saturated heterocycles. The van der Waals surface area contributed by atoms with Gasteiger partial charge in [0.25, 0.3) is 0 Å². The monoisotopic (exact) mass is 212 g/mol. The highest BCUT2D eigenvalue weighted by molar-refractivity contribution is 5.97. The summed E-state index contributed by atoms with van der Waals surface area (Å²) in [5.41, 5.74) is 0.843. The summed E-state index contributed by atoms with van der Waals surface area (Å²) in [5.74, 6) is -0.184. The third kappa shape index (κ3) is 4.81. The predicted molar refractivity (Wildman–Crippen MR) is 59.8 cm³/mol. The van der Waals surface area contributed by atoms with E-state index in [4.69, 9.17) is 4.74 Å². The van der Waals surface area contributed by atoms with Crippen LogP contribution < -0.4 is 0 Å². The van der Waals surface area contributed by atoms with E-state index in [-0.39, 0.29) is 5.97 Å². The van der Waals surface area contributed by atoms with Gasteiger partial charge in [0.2, 0.25) is 0 Å². The Morgan fingerprint density at radius 2 is 2.00 bits per heavy atom. The summed E-state index contributed by atoms with van der Waals surface area (Å²) in [6.07, 6.45) is 4.01. The van der Waals surface area contributed by atoms with Gasteiger partial charge in [-0.1, -0.05) is 0 Å². The normalized spacial score (nSPS) is 17.7. The van der Waals surface area contributed by atoms with Crippen molar-refractivity contribution >= 4 is 11.7 Å². The summed E-state index contributed by atoms with van der Waals surface area (Å²) in [6.45, 7) is 6.16. The second-order valence-electron chi connectivity index (χ2n) is 3.83. The van der Waals surface area contributed by atoms with Gasteiger partial charge in [-0.3, -0.25) is 9.80 Å². The van der Waals surface area contributed by atoms with Gasteiger partial charge in [-0.2, -0.15) is 5.10 Å². The van der Waals surface area contributed by atoms with Crippen molar-refractivity contribution in [1.29, 1.82) is 0 Å². The molecule has 4 heteroatoms. The van der Waals surface area contributed by atoms with E-state index in [0.717, 1.165) is 18.8 Å². The van der Waals surface area contributed by atoms with Crippen LogP contribution in [-0.4, -0.2) is 36.4 Å². The topological polar surface area (TPSA) is 41.9 Å². The molecule has 0 atom stereocenters. The second kappa shape index (κ2) is 6.43. The van der Waals surface area contributed by atoms with E-state index in [0.29, 0.717) is 13.0 Å². The van der Waals surface area contributed by atoms with Crippen LogP contribution in [0.4, 0.5) is 0 Å². The Bertz CT molecular complexity index is 233. The fourth-order valence-electron chi connectivity index (χ4n) is 1.67. The van der Waals surface area contributed by atoms with Crippen LogP contribution in [0.2, 0.25) is 0 Å². The highest BCUT2D eigenvalue weighted by atomic mass is 16.5. The molecule has 86 valence electrons. The first-order chi connectivity index (χ1) is 7.22. The van der Waals surface area contributed by atoms with Crippen LogP contribution in [0.25, 0.3) is 0 Å². The lowest BCUT2D eigenvalue weighted by Crippen LogP contribution is -2.26. The van der Waals surface area contributed by atoms with Gasteiger partial charge in [0.05, 0.1) is 13.0 Å². The summed E-state index contributed by atoms with van der Waals surface area (Å²) >= 11 is 0. The standard InChI is InChI=1S/C11H20N2O2/c1-3-15-11(14)9-10(2)12-13-7-5-4-6-8-13/h3-9H2,1-2H3. The van der Waals surface area contributed by atoms with Crippen LogP contribution in [0.3, 0.4) is 0 Å². The zero-order chi connectivity index (χ0) is 11.1. The smallest absolute Gasteiger partial charge is 0.311 e. The summed E-state index contributed by atoms with van der Waals surface area (Å²) in [4.78, 5) is 11.2. The molecule has 0 aromatic heterocycles. The molecular weight excluding hydrogens is 192 g/mol. The van der Waals surface area contributed by atoms with E-state index in [1.807, 2.05) is 13.8 Å². The number of carbonyl (C=O) groups excluding carboxylic acids is 1. The van der Waals surface area contributed by atoms with Gasteiger partial charge in [-0.15, -0.1) is 0 Å². The minimum atomic E-state index is -0.184. The van der Waals surface area contributed by atoms with Crippen LogP contribution in [-0.2, 0) is 9.53 Å². The van der Waals surface area contributed by atoms with E-state index in [1.165, 1.54) is 19.3 Å². The lowest BCUT2D eigenvalue weighted by atomic mass is 10.2. The first-order valence-corrected chi connectivity index (χ1v) is 5.67. The largest absolute Gasteiger partial charge is 0.466 e. The zero-order valence-corrected chi connectivity index (χ0v) is 9.66. The molecular formula is C11H20N2O2. The molecule has 0 N–H and O–H groups in total. The number of carbonyl (C=O) groups is 1. The van der Waals surface area contributed by atoms with Gasteiger partial charge in [0.1, 0.15) is 0 Å². The van der Waals surface area contributed by atoms with Gasteiger partial charge in [-0.25, -0.2) is 0 Å². The molecule has 1 heterocycles. The number of hydrazone groups is 1. The Hall–Kier alpha value is -1.06. The maximum Gasteiger partial charge on any atom is 0.311 e. The van der Waals surface area contributed by atoms with E-state index in [2.05, 4.69) is 10.1 Å². The molecule has 0 saturated carbocycles. The van der Waals surface area contributed by atoms with Crippen molar-refractivity contribution in [3.05, 3.63) is 0 Å². The lowest BCUT2D eigenvalue weighted by molar-refractivity contribution is -0.141. The average molecular weight is 212 g/mol. The molecule has 0 aliphatic carbocycles. The Morgan fingerprint density at radius 1 is 1.33 bits per heavy atom. The van der Waals surface area contributed by atoms with Gasteiger partial charge in [0, 0.05) is 18.8 Å². The van der Waals surface area contributed by atoms with Gasteiger partial charge < -0.3 is 4.74 Å². The molecule has 0 amide bonds. The second-order valence-corrected chi connectivity index (χ2v) is 3.83. The fraction of sp³-hybridized carbons (Fsp3) is 0.818. The number of piperidine rings is 1. The summed E-state index contributed by atoms with van der Waals surface area (Å²) in [6, 6.07) is 0. The van der Waals surface area contributed by atoms with Gasteiger partial charge in [0.15, 0.2) is 0 Å². The number of hydrogen-bond donors (Lipinski definition) is 0. The van der Waals surface area contributed by atoms with Crippen molar-refractivity contribution in [2.75, 3.05) is 19.7 Å². The number of rotatable bonds is 4. The molecule has 0 aromatic carbocycles. The van der Waals surface area contributed by atoms with E-state index in [1.54, 1.807) is 0 Å². The van der Waals surface area contributed by atoms with E-state index < -0.39 is 0 Å². The molecule has 1 rings (SSSR count). The van der Waals surface area contributed by atoms with Crippen LogP contribution in [0, 0.1) is 0 Å². The number of ether oxygens (including phenoxy) is 1. The average Bonchev–Trinajstić information content (AvgIpc) is 2.19. The molecule has 1 fully saturated rings. The molecule has 15 heavy (non-hydrogen) atoms. The molecule has 0 radical (unpaired) electrons. The van der Waals surface area contributed by atoms with Crippen LogP contribution in [0.15, 0.2) is 5.10 Å². The third-order valence-corrected chi connectivity index (χ3v) is 2.35. The summed E-state index contributed by atoms with van der Waals surface area (Å²) in [5, 5.41) is 6.46. The maximum absolute atomic E-state index is 11.2. The Balaban J connectivity index is 2.33. The highest BCUT2D eigenvalue weighted by Gasteiger charge is 2.09. The summed E-state index contributed by atoms with van der Waals surface area (Å²) < 4.78 is 4.86. The first kappa shape index (κ1) is 12.0. The molecule has 0 bridgehead atoms. The number of nitrogens with zero attached hydrogens (tertiary/aromatic N) is 2. The number of esters is 1. The molecule has 0 aromatic rings. The summed E-state index contributed by atoms with van der Waals surface area (Å²) in [7, 11) is 0. The van der Waals surface area contributed by atoms with Crippen molar-refractivity contribution in [1.82, 2.24) is 5.01 Å². The molecule has 1 aliphatic heterocycles.